The van der Waals surface area contributed by atoms with Crippen LogP contribution in [0.1, 0.15) is 20.8 Å². The molecule has 0 saturated heterocycles. The van der Waals surface area contributed by atoms with Gasteiger partial charge >= 0.3 is 0 Å². The van der Waals surface area contributed by atoms with Gasteiger partial charge in [-0.2, -0.15) is 0 Å². The molecule has 0 nitrogen and oxygen atoms in total. The Morgan fingerprint density at radius 1 is 1.57 bits per heavy atom. The fourth-order valence-corrected chi connectivity index (χ4v) is 0. The molecule has 0 bridgehead atoms. The molecule has 0 aromatic rings. The topological polar surface area (TPSA) is 0 Å². The summed E-state index contributed by atoms with van der Waals surface area (Å²) in [5.41, 5.74) is 0. The molecule has 7 heavy (non-hydrogen) atoms. The van der Waals surface area contributed by atoms with Gasteiger partial charge in [0.1, 0.15) is 0 Å². The van der Waals surface area contributed by atoms with Crippen molar-refractivity contribution in [3.63, 3.8) is 0 Å². The SMILES string of the molecule is [CH2]C(C)([S])C(C)C. The van der Waals surface area contributed by atoms with Crippen molar-refractivity contribution in [3.8, 4) is 0 Å². The molecule has 0 aliphatic heterocycles. The summed E-state index contributed by atoms with van der Waals surface area (Å²) in [6, 6.07) is 0. The molecule has 0 aliphatic carbocycles. The predicted molar refractivity (Wildman–Crippen MR) is 36.2 cm³/mol. The van der Waals surface area contributed by atoms with Crippen molar-refractivity contribution in [3.05, 3.63) is 6.92 Å². The van der Waals surface area contributed by atoms with Gasteiger partial charge in [0, 0.05) is 4.75 Å². The predicted octanol–water partition coefficient (Wildman–Crippen LogP) is 2.43. The Balaban J connectivity index is 3.54. The molecule has 0 rings (SSSR count). The van der Waals surface area contributed by atoms with Gasteiger partial charge in [-0.15, -0.1) is 0 Å². The van der Waals surface area contributed by atoms with E-state index in [2.05, 4.69) is 20.8 Å². The van der Waals surface area contributed by atoms with E-state index in [0.717, 1.165) is 0 Å². The molecule has 0 amide bonds. The lowest BCUT2D eigenvalue weighted by molar-refractivity contribution is 0.549. The van der Waals surface area contributed by atoms with Gasteiger partial charge in [-0.3, -0.25) is 0 Å². The second kappa shape index (κ2) is 2.08. The van der Waals surface area contributed by atoms with Gasteiger partial charge in [0.25, 0.3) is 0 Å². The van der Waals surface area contributed by atoms with E-state index >= 15 is 0 Å². The summed E-state index contributed by atoms with van der Waals surface area (Å²) in [4.78, 5) is 0. The summed E-state index contributed by atoms with van der Waals surface area (Å²) in [6.45, 7) is 9.92. The van der Waals surface area contributed by atoms with E-state index < -0.39 is 0 Å². The summed E-state index contributed by atoms with van der Waals surface area (Å²) < 4.78 is -0.167. The molecule has 0 spiro atoms. The average Bonchev–Trinajstić information content (AvgIpc) is 1.31. The van der Waals surface area contributed by atoms with E-state index in [1.165, 1.54) is 0 Å². The zero-order valence-electron chi connectivity index (χ0n) is 5.19. The van der Waals surface area contributed by atoms with Crippen LogP contribution in [0.2, 0.25) is 0 Å². The molecule has 0 aromatic heterocycles. The second-order valence-electron chi connectivity index (χ2n) is 2.47. The smallest absolute Gasteiger partial charge is 0.0259 e. The van der Waals surface area contributed by atoms with E-state index in [9.17, 15) is 0 Å². The molecule has 2 radical (unpaired) electrons. The Morgan fingerprint density at radius 3 is 1.71 bits per heavy atom. The standard InChI is InChI=1S/C6H12S/c1-5(2)6(3,4)7/h5H,3H2,1-2,4H3. The van der Waals surface area contributed by atoms with Gasteiger partial charge in [-0.25, -0.2) is 0 Å². The van der Waals surface area contributed by atoms with E-state index in [1.807, 2.05) is 6.92 Å². The average molecular weight is 116 g/mol. The first kappa shape index (κ1) is 7.35. The van der Waals surface area contributed by atoms with E-state index in [-0.39, 0.29) is 4.75 Å². The summed E-state index contributed by atoms with van der Waals surface area (Å²) in [6.07, 6.45) is 0. The summed E-state index contributed by atoms with van der Waals surface area (Å²) in [5, 5.41) is 0. The van der Waals surface area contributed by atoms with Gasteiger partial charge in [-0.1, -0.05) is 26.5 Å². The third-order valence-electron chi connectivity index (χ3n) is 1.22. The molecule has 1 heteroatoms. The first-order valence-corrected chi connectivity index (χ1v) is 2.91. The van der Waals surface area contributed by atoms with Crippen LogP contribution in [-0.4, -0.2) is 4.75 Å². The van der Waals surface area contributed by atoms with Crippen molar-refractivity contribution in [2.75, 3.05) is 0 Å². The van der Waals surface area contributed by atoms with Crippen LogP contribution in [0.5, 0.6) is 0 Å². The molecule has 0 saturated carbocycles. The highest BCUT2D eigenvalue weighted by Crippen LogP contribution is 2.21. The Morgan fingerprint density at radius 2 is 1.71 bits per heavy atom. The number of rotatable bonds is 1. The van der Waals surface area contributed by atoms with Crippen LogP contribution >= 0.6 is 12.6 Å². The molecule has 0 heterocycles. The largest absolute Gasteiger partial charge is 0.0868 e. The fourth-order valence-electron chi connectivity index (χ4n) is 0. The molecular weight excluding hydrogens is 104 g/mol. The van der Waals surface area contributed by atoms with Gasteiger partial charge in [0.2, 0.25) is 0 Å². The molecular formula is C6H12S. The minimum atomic E-state index is -0.167. The van der Waals surface area contributed by atoms with E-state index in [4.69, 9.17) is 12.6 Å². The highest BCUT2D eigenvalue weighted by Gasteiger charge is 2.16. The summed E-state index contributed by atoms with van der Waals surface area (Å²) >= 11 is 5.00. The van der Waals surface area contributed by atoms with Crippen LogP contribution in [0.4, 0.5) is 0 Å². The van der Waals surface area contributed by atoms with Crippen molar-refractivity contribution in [2.45, 2.75) is 25.5 Å². The molecule has 1 unspecified atom stereocenters. The van der Waals surface area contributed by atoms with Gasteiger partial charge in [-0.05, 0) is 19.8 Å². The fraction of sp³-hybridized carbons (Fsp3) is 0.833. The Bertz CT molecular complexity index is 49.7. The third-order valence-corrected chi connectivity index (χ3v) is 1.69. The normalized spacial score (nSPS) is 12.9. The quantitative estimate of drug-likeness (QED) is 0.493. The van der Waals surface area contributed by atoms with Crippen molar-refractivity contribution in [1.29, 1.82) is 0 Å². The maximum atomic E-state index is 5.00. The van der Waals surface area contributed by atoms with Crippen LogP contribution in [0.15, 0.2) is 0 Å². The highest BCUT2D eigenvalue weighted by atomic mass is 32.1. The minimum Gasteiger partial charge on any atom is -0.0868 e. The van der Waals surface area contributed by atoms with Crippen molar-refractivity contribution >= 4 is 12.6 Å². The Hall–Kier alpha value is 0.350. The number of hydrogen-bond acceptors (Lipinski definition) is 0. The molecule has 0 N–H and O–H groups in total. The van der Waals surface area contributed by atoms with Crippen molar-refractivity contribution in [2.24, 2.45) is 5.92 Å². The summed E-state index contributed by atoms with van der Waals surface area (Å²) in [5.74, 6) is 0.502. The Labute approximate surface area is 51.7 Å². The van der Waals surface area contributed by atoms with Gasteiger partial charge in [0.15, 0.2) is 0 Å². The minimum absolute atomic E-state index is 0.167. The van der Waals surface area contributed by atoms with Gasteiger partial charge in [0.05, 0.1) is 0 Å². The Kier molecular flexibility index (Phi) is 2.18. The van der Waals surface area contributed by atoms with Crippen LogP contribution in [0.3, 0.4) is 0 Å². The second-order valence-corrected chi connectivity index (χ2v) is 3.40. The van der Waals surface area contributed by atoms with Crippen LogP contribution < -0.4 is 0 Å². The van der Waals surface area contributed by atoms with Gasteiger partial charge < -0.3 is 0 Å². The van der Waals surface area contributed by atoms with Crippen LogP contribution in [-0.2, 0) is 0 Å². The molecule has 0 aromatic carbocycles. The lowest BCUT2D eigenvalue weighted by Crippen LogP contribution is -2.18. The molecule has 0 aliphatic rings. The third kappa shape index (κ3) is 2.98. The van der Waals surface area contributed by atoms with Crippen LogP contribution in [0.25, 0.3) is 0 Å². The highest BCUT2D eigenvalue weighted by molar-refractivity contribution is 7.81. The van der Waals surface area contributed by atoms with E-state index in [1.54, 1.807) is 0 Å². The summed E-state index contributed by atoms with van der Waals surface area (Å²) in [7, 11) is 0. The maximum Gasteiger partial charge on any atom is 0.0259 e. The number of hydrogen-bond donors (Lipinski definition) is 0. The van der Waals surface area contributed by atoms with E-state index in [0.29, 0.717) is 5.92 Å². The zero-order chi connectivity index (χ0) is 6.08. The lowest BCUT2D eigenvalue weighted by atomic mass is 10.00. The molecule has 1 atom stereocenters. The lowest BCUT2D eigenvalue weighted by Gasteiger charge is -2.19. The first-order valence-electron chi connectivity index (χ1n) is 2.50. The molecule has 0 fully saturated rings. The molecule has 42 valence electrons. The monoisotopic (exact) mass is 116 g/mol. The van der Waals surface area contributed by atoms with Crippen molar-refractivity contribution in [1.82, 2.24) is 0 Å². The zero-order valence-corrected chi connectivity index (χ0v) is 6.01. The van der Waals surface area contributed by atoms with Crippen molar-refractivity contribution < 1.29 is 0 Å². The van der Waals surface area contributed by atoms with Crippen LogP contribution in [0, 0.1) is 12.8 Å². The maximum absolute atomic E-state index is 5.00. The first-order chi connectivity index (χ1) is 2.94.